The lowest BCUT2D eigenvalue weighted by Crippen LogP contribution is -2.52. The van der Waals surface area contributed by atoms with Crippen LogP contribution in [0.1, 0.15) is 116 Å². The molecule has 1 aromatic carbocycles. The van der Waals surface area contributed by atoms with Gasteiger partial charge in [0.15, 0.2) is 0 Å². The second kappa shape index (κ2) is 17.0. The molecule has 8 nitrogen and oxygen atoms in total. The maximum absolute atomic E-state index is 13.0. The Morgan fingerprint density at radius 2 is 1.42 bits per heavy atom. The zero-order valence-corrected chi connectivity index (χ0v) is 29.1. The summed E-state index contributed by atoms with van der Waals surface area (Å²) < 4.78 is 11.1. The number of pyridine rings is 1. The predicted molar refractivity (Wildman–Crippen MR) is 181 cm³/mol. The number of benzene rings is 1. The number of alkyl carbamates (subject to hydrolysis) is 1. The van der Waals surface area contributed by atoms with E-state index >= 15 is 0 Å². The lowest BCUT2D eigenvalue weighted by molar-refractivity contribution is 0.0115. The quantitative estimate of drug-likeness (QED) is 0.362. The topological polar surface area (TPSA) is 92.8 Å². The fraction of sp³-hybridized carbons (Fsp3) is 0.649. The van der Waals surface area contributed by atoms with E-state index in [0.29, 0.717) is 12.6 Å². The van der Waals surface area contributed by atoms with E-state index in [1.807, 2.05) is 78.6 Å². The zero-order valence-electron chi connectivity index (χ0n) is 29.1. The van der Waals surface area contributed by atoms with Crippen LogP contribution in [0.3, 0.4) is 0 Å². The molecule has 45 heavy (non-hydrogen) atoms. The molecule has 5 rings (SSSR count). The average Bonchev–Trinajstić information content (AvgIpc) is 3.00. The van der Waals surface area contributed by atoms with Crippen LogP contribution in [-0.2, 0) is 35.3 Å². The Balaban J connectivity index is 0.000000382. The van der Waals surface area contributed by atoms with Gasteiger partial charge in [-0.15, -0.1) is 0 Å². The zero-order chi connectivity index (χ0) is 33.0. The Labute approximate surface area is 272 Å². The molecule has 250 valence electrons. The number of fused-ring (bicyclic) bond motifs is 2. The van der Waals surface area contributed by atoms with Crippen LogP contribution in [0.15, 0.2) is 42.6 Å². The number of carbonyl (C=O) groups excluding carboxylic acids is 2. The van der Waals surface area contributed by atoms with Crippen molar-refractivity contribution in [3.8, 4) is 0 Å². The third-order valence-corrected chi connectivity index (χ3v) is 8.17. The summed E-state index contributed by atoms with van der Waals surface area (Å²) in [6.45, 7) is 16.6. The smallest absolute Gasteiger partial charge is 0.410 e. The minimum Gasteiger partial charge on any atom is -0.444 e. The number of amides is 2. The van der Waals surface area contributed by atoms with Crippen LogP contribution in [0.2, 0.25) is 0 Å². The molecule has 2 amide bonds. The van der Waals surface area contributed by atoms with Crippen LogP contribution in [0.5, 0.6) is 0 Å². The molecule has 0 spiro atoms. The van der Waals surface area contributed by atoms with Crippen LogP contribution < -0.4 is 10.6 Å². The lowest BCUT2D eigenvalue weighted by Gasteiger charge is -2.39. The Morgan fingerprint density at radius 3 is 2.07 bits per heavy atom. The predicted octanol–water partition coefficient (Wildman–Crippen LogP) is 7.76. The first-order chi connectivity index (χ1) is 21.4. The van der Waals surface area contributed by atoms with Crippen molar-refractivity contribution in [1.29, 1.82) is 0 Å². The number of rotatable bonds is 4. The second-order valence-corrected chi connectivity index (χ2v) is 14.2. The van der Waals surface area contributed by atoms with E-state index in [-0.39, 0.29) is 24.3 Å². The van der Waals surface area contributed by atoms with Crippen LogP contribution in [0.4, 0.5) is 9.59 Å². The number of aromatic nitrogens is 1. The van der Waals surface area contributed by atoms with E-state index in [1.165, 1.54) is 48.1 Å². The molecule has 1 atom stereocenters. The Kier molecular flexibility index (Phi) is 13.7. The van der Waals surface area contributed by atoms with Crippen molar-refractivity contribution in [3.05, 3.63) is 65.0 Å². The van der Waals surface area contributed by atoms with E-state index in [9.17, 15) is 9.59 Å². The first-order valence-electron chi connectivity index (χ1n) is 17.1. The average molecular weight is 623 g/mol. The fourth-order valence-corrected chi connectivity index (χ4v) is 6.05. The van der Waals surface area contributed by atoms with E-state index in [2.05, 4.69) is 39.9 Å². The third-order valence-electron chi connectivity index (χ3n) is 8.17. The van der Waals surface area contributed by atoms with Crippen molar-refractivity contribution < 1.29 is 19.1 Å². The summed E-state index contributed by atoms with van der Waals surface area (Å²) in [4.78, 5) is 31.2. The summed E-state index contributed by atoms with van der Waals surface area (Å²) in [6, 6.07) is 13.1. The highest BCUT2D eigenvalue weighted by molar-refractivity contribution is 5.69. The van der Waals surface area contributed by atoms with Crippen molar-refractivity contribution in [2.45, 2.75) is 149 Å². The minimum absolute atomic E-state index is 0.0485. The van der Waals surface area contributed by atoms with Crippen LogP contribution in [-0.4, -0.2) is 57.9 Å². The van der Waals surface area contributed by atoms with Gasteiger partial charge in [-0.2, -0.15) is 0 Å². The molecule has 1 aliphatic heterocycles. The van der Waals surface area contributed by atoms with Gasteiger partial charge in [0, 0.05) is 37.1 Å². The third kappa shape index (κ3) is 12.3. The normalized spacial score (nSPS) is 21.0. The first kappa shape index (κ1) is 36.3. The highest BCUT2D eigenvalue weighted by Crippen LogP contribution is 2.26. The summed E-state index contributed by atoms with van der Waals surface area (Å²) in [5.41, 5.74) is 4.28. The van der Waals surface area contributed by atoms with E-state index in [0.717, 1.165) is 38.6 Å². The summed E-state index contributed by atoms with van der Waals surface area (Å²) in [5, 5.41) is 6.69. The summed E-state index contributed by atoms with van der Waals surface area (Å²) in [5.74, 6) is 0. The molecule has 1 aromatic heterocycles. The fourth-order valence-electron chi connectivity index (χ4n) is 6.05. The Bertz CT molecular complexity index is 1190. The number of nitrogens with zero attached hydrogens (tertiary/aromatic N) is 2. The second-order valence-electron chi connectivity index (χ2n) is 14.2. The molecule has 0 saturated heterocycles. The van der Waals surface area contributed by atoms with E-state index in [4.69, 9.17) is 9.47 Å². The molecule has 0 radical (unpaired) electrons. The van der Waals surface area contributed by atoms with Gasteiger partial charge in [-0.1, -0.05) is 44.2 Å². The maximum atomic E-state index is 13.0. The van der Waals surface area contributed by atoms with Gasteiger partial charge in [-0.25, -0.2) is 9.59 Å². The molecular formula is C37H58N4O4. The molecular weight excluding hydrogens is 564 g/mol. The molecule has 2 N–H and O–H groups in total. The van der Waals surface area contributed by atoms with Crippen molar-refractivity contribution >= 4 is 12.2 Å². The number of carbonyl (C=O) groups is 2. The Morgan fingerprint density at radius 1 is 0.822 bits per heavy atom. The monoisotopic (exact) mass is 622 g/mol. The SMILES string of the molecule is CC.CC(C)(C)OC(=O)NC1CCC(NCC2Cc3ccccc3CN2C(=O)OC(C)(C)C)CC1.c1cnc2c(c1)CCCC2. The molecule has 8 heteroatoms. The number of hydrogen-bond donors (Lipinski definition) is 2. The minimum atomic E-state index is -0.522. The van der Waals surface area contributed by atoms with Gasteiger partial charge in [0.05, 0.1) is 6.04 Å². The molecule has 3 aliphatic rings. The molecule has 2 heterocycles. The van der Waals surface area contributed by atoms with Crippen molar-refractivity contribution in [2.24, 2.45) is 0 Å². The number of ether oxygens (including phenoxy) is 2. The van der Waals surface area contributed by atoms with Crippen LogP contribution >= 0.6 is 0 Å². The summed E-state index contributed by atoms with van der Waals surface area (Å²) in [6.07, 6.45) is 11.0. The van der Waals surface area contributed by atoms with Crippen molar-refractivity contribution in [3.63, 3.8) is 0 Å². The van der Waals surface area contributed by atoms with Gasteiger partial charge < -0.3 is 20.1 Å². The van der Waals surface area contributed by atoms with Gasteiger partial charge in [0.25, 0.3) is 0 Å². The molecule has 1 fully saturated rings. The first-order valence-corrected chi connectivity index (χ1v) is 17.1. The molecule has 1 saturated carbocycles. The van der Waals surface area contributed by atoms with Gasteiger partial charge >= 0.3 is 12.2 Å². The van der Waals surface area contributed by atoms with Gasteiger partial charge in [-0.3, -0.25) is 9.88 Å². The highest BCUT2D eigenvalue weighted by atomic mass is 16.6. The molecule has 2 aromatic rings. The van der Waals surface area contributed by atoms with Gasteiger partial charge in [0.1, 0.15) is 11.2 Å². The summed E-state index contributed by atoms with van der Waals surface area (Å²) in [7, 11) is 0. The van der Waals surface area contributed by atoms with Crippen LogP contribution in [0.25, 0.3) is 0 Å². The Hall–Kier alpha value is -3.13. The van der Waals surface area contributed by atoms with Gasteiger partial charge in [-0.05, 0) is 122 Å². The molecule has 1 unspecified atom stereocenters. The lowest BCUT2D eigenvalue weighted by atomic mass is 9.90. The largest absolute Gasteiger partial charge is 0.444 e. The van der Waals surface area contributed by atoms with Crippen molar-refractivity contribution in [1.82, 2.24) is 20.5 Å². The standard InChI is InChI=1S/C26H41N3O4.C9H11N.C2H6/c1-25(2,3)32-23(30)28-21-13-11-20(12-14-21)27-16-22-15-18-9-7-8-10-19(18)17-29(22)24(31)33-26(4,5)6;1-2-6-9-8(4-1)5-3-7-10-9;1-2/h7-10,20-22,27H,11-17H2,1-6H3,(H,28,30);3,5,7H,1-2,4,6H2;1-2H3. The molecule has 0 bridgehead atoms. The van der Waals surface area contributed by atoms with E-state index in [1.54, 1.807) is 0 Å². The van der Waals surface area contributed by atoms with Crippen molar-refractivity contribution in [2.75, 3.05) is 6.54 Å². The van der Waals surface area contributed by atoms with Crippen LogP contribution in [0, 0.1) is 0 Å². The summed E-state index contributed by atoms with van der Waals surface area (Å²) >= 11 is 0. The number of hydrogen-bond acceptors (Lipinski definition) is 6. The number of nitrogens with one attached hydrogen (secondary N) is 2. The maximum Gasteiger partial charge on any atom is 0.410 e. The number of aryl methyl sites for hydroxylation is 2. The van der Waals surface area contributed by atoms with Gasteiger partial charge in [0.2, 0.25) is 0 Å². The van der Waals surface area contributed by atoms with E-state index < -0.39 is 11.2 Å². The highest BCUT2D eigenvalue weighted by Gasteiger charge is 2.33. The molecule has 2 aliphatic carbocycles.